The molecule has 0 bridgehead atoms. The molecule has 0 aliphatic heterocycles. The molecule has 0 unspecified atom stereocenters. The quantitative estimate of drug-likeness (QED) is 0.590. The average Bonchev–Trinajstić information content (AvgIpc) is 2.49. The molecule has 0 aromatic heterocycles. The van der Waals surface area contributed by atoms with E-state index in [0.29, 0.717) is 5.92 Å². The van der Waals surface area contributed by atoms with Crippen LogP contribution in [0.4, 0.5) is 0 Å². The third-order valence-electron chi connectivity index (χ3n) is 3.39. The van der Waals surface area contributed by atoms with Crippen LogP contribution in [0.15, 0.2) is 70.5 Å². The van der Waals surface area contributed by atoms with Gasteiger partial charge in [-0.05, 0) is 35.9 Å². The summed E-state index contributed by atoms with van der Waals surface area (Å²) in [6.45, 7) is 6.62. The summed E-state index contributed by atoms with van der Waals surface area (Å²) in [6, 6.07) is 19.5. The van der Waals surface area contributed by atoms with E-state index in [1.807, 2.05) is 11.8 Å². The minimum Gasteiger partial charge on any atom is -0.0943 e. The standard InChI is InChI=1S/C19H22S/c1-4-8-19(16(3)17-9-6-5-7-10-17)20-18-13-11-15(2)12-14-18/h5-14,16H,4H2,1-3H3/b19-8-/t16-/m0/s1. The monoisotopic (exact) mass is 282 g/mol. The van der Waals surface area contributed by atoms with Gasteiger partial charge in [-0.1, -0.05) is 79.7 Å². The first kappa shape index (κ1) is 14.9. The van der Waals surface area contributed by atoms with Gasteiger partial charge in [0.1, 0.15) is 0 Å². The Morgan fingerprint density at radius 3 is 2.30 bits per heavy atom. The molecule has 0 nitrogen and oxygen atoms in total. The van der Waals surface area contributed by atoms with Gasteiger partial charge in [0.2, 0.25) is 0 Å². The van der Waals surface area contributed by atoms with Gasteiger partial charge in [0.15, 0.2) is 0 Å². The van der Waals surface area contributed by atoms with Crippen LogP contribution in [0.25, 0.3) is 0 Å². The summed E-state index contributed by atoms with van der Waals surface area (Å²) in [5, 5.41) is 0. The first-order valence-electron chi connectivity index (χ1n) is 7.20. The van der Waals surface area contributed by atoms with Crippen molar-refractivity contribution in [1.82, 2.24) is 0 Å². The van der Waals surface area contributed by atoms with Crippen molar-refractivity contribution in [2.45, 2.75) is 38.0 Å². The third kappa shape index (κ3) is 4.01. The number of hydrogen-bond acceptors (Lipinski definition) is 1. The van der Waals surface area contributed by atoms with Crippen LogP contribution >= 0.6 is 11.8 Å². The van der Waals surface area contributed by atoms with Crippen molar-refractivity contribution in [3.8, 4) is 0 Å². The van der Waals surface area contributed by atoms with Gasteiger partial charge in [0.25, 0.3) is 0 Å². The maximum atomic E-state index is 2.35. The molecular weight excluding hydrogens is 260 g/mol. The van der Waals surface area contributed by atoms with Crippen LogP contribution in [0.1, 0.15) is 37.3 Å². The van der Waals surface area contributed by atoms with Crippen LogP contribution in [-0.4, -0.2) is 0 Å². The van der Waals surface area contributed by atoms with Crippen molar-refractivity contribution >= 4 is 11.8 Å². The number of allylic oxidation sites excluding steroid dienone is 2. The highest BCUT2D eigenvalue weighted by Crippen LogP contribution is 2.37. The van der Waals surface area contributed by atoms with E-state index >= 15 is 0 Å². The van der Waals surface area contributed by atoms with Crippen molar-refractivity contribution in [3.63, 3.8) is 0 Å². The molecule has 2 rings (SSSR count). The lowest BCUT2D eigenvalue weighted by Crippen LogP contribution is -1.95. The van der Waals surface area contributed by atoms with Crippen LogP contribution in [0, 0.1) is 6.92 Å². The van der Waals surface area contributed by atoms with Gasteiger partial charge in [-0.3, -0.25) is 0 Å². The normalized spacial score (nSPS) is 13.2. The number of aryl methyl sites for hydroxylation is 1. The molecule has 104 valence electrons. The van der Waals surface area contributed by atoms with Crippen LogP contribution in [0.2, 0.25) is 0 Å². The SMILES string of the molecule is CC/C=C(\Sc1ccc(C)cc1)[C@@H](C)c1ccccc1. The number of hydrogen-bond donors (Lipinski definition) is 0. The molecule has 0 radical (unpaired) electrons. The predicted octanol–water partition coefficient (Wildman–Crippen LogP) is 6.18. The zero-order valence-corrected chi connectivity index (χ0v) is 13.3. The van der Waals surface area contributed by atoms with E-state index in [2.05, 4.69) is 81.4 Å². The van der Waals surface area contributed by atoms with Crippen molar-refractivity contribution in [2.24, 2.45) is 0 Å². The summed E-state index contributed by atoms with van der Waals surface area (Å²) in [4.78, 5) is 2.75. The minimum absolute atomic E-state index is 0.447. The smallest absolute Gasteiger partial charge is 0.0121 e. The summed E-state index contributed by atoms with van der Waals surface area (Å²) in [5.41, 5.74) is 2.69. The maximum absolute atomic E-state index is 2.35. The zero-order chi connectivity index (χ0) is 14.4. The molecule has 0 spiro atoms. The van der Waals surface area contributed by atoms with E-state index in [1.54, 1.807) is 0 Å². The summed E-state index contributed by atoms with van der Waals surface area (Å²) in [5.74, 6) is 0.447. The molecule has 1 heteroatoms. The number of thioether (sulfide) groups is 1. The molecule has 20 heavy (non-hydrogen) atoms. The second-order valence-corrected chi connectivity index (χ2v) is 6.21. The van der Waals surface area contributed by atoms with Crippen LogP contribution in [-0.2, 0) is 0 Å². The van der Waals surface area contributed by atoms with Gasteiger partial charge in [-0.15, -0.1) is 0 Å². The molecular formula is C19H22S. The Balaban J connectivity index is 2.19. The molecule has 1 atom stereocenters. The lowest BCUT2D eigenvalue weighted by atomic mass is 10.0. The largest absolute Gasteiger partial charge is 0.0943 e. The van der Waals surface area contributed by atoms with Crippen LogP contribution < -0.4 is 0 Å². The summed E-state index contributed by atoms with van der Waals surface area (Å²) >= 11 is 1.89. The average molecular weight is 282 g/mol. The van der Waals surface area contributed by atoms with Gasteiger partial charge >= 0.3 is 0 Å². The summed E-state index contributed by atoms with van der Waals surface area (Å²) in [6.07, 6.45) is 3.42. The third-order valence-corrected chi connectivity index (χ3v) is 4.65. The van der Waals surface area contributed by atoms with Crippen molar-refractivity contribution in [1.29, 1.82) is 0 Å². The fourth-order valence-corrected chi connectivity index (χ4v) is 3.26. The molecule has 0 aliphatic rings. The van der Waals surface area contributed by atoms with E-state index < -0.39 is 0 Å². The molecule has 2 aromatic carbocycles. The first-order chi connectivity index (χ1) is 9.70. The van der Waals surface area contributed by atoms with Gasteiger partial charge in [-0.25, -0.2) is 0 Å². The lowest BCUT2D eigenvalue weighted by molar-refractivity contribution is 0.939. The van der Waals surface area contributed by atoms with E-state index in [1.165, 1.54) is 20.9 Å². The lowest BCUT2D eigenvalue weighted by Gasteiger charge is -2.16. The van der Waals surface area contributed by atoms with Crippen molar-refractivity contribution in [3.05, 3.63) is 76.7 Å². The van der Waals surface area contributed by atoms with Gasteiger partial charge < -0.3 is 0 Å². The van der Waals surface area contributed by atoms with E-state index in [-0.39, 0.29) is 0 Å². The Bertz CT molecular complexity index is 552. The van der Waals surface area contributed by atoms with Gasteiger partial charge in [0, 0.05) is 10.8 Å². The molecule has 2 aromatic rings. The first-order valence-corrected chi connectivity index (χ1v) is 8.02. The zero-order valence-electron chi connectivity index (χ0n) is 12.5. The molecule has 0 aliphatic carbocycles. The fraction of sp³-hybridized carbons (Fsp3) is 0.263. The Morgan fingerprint density at radius 2 is 1.70 bits per heavy atom. The Morgan fingerprint density at radius 1 is 1.05 bits per heavy atom. The molecule has 0 amide bonds. The highest BCUT2D eigenvalue weighted by Gasteiger charge is 2.12. The maximum Gasteiger partial charge on any atom is 0.0121 e. The second-order valence-electron chi connectivity index (χ2n) is 5.06. The summed E-state index contributed by atoms with van der Waals surface area (Å²) in [7, 11) is 0. The van der Waals surface area contributed by atoms with Crippen molar-refractivity contribution in [2.75, 3.05) is 0 Å². The second kappa shape index (κ2) is 7.35. The molecule has 0 heterocycles. The van der Waals surface area contributed by atoms with Crippen LogP contribution in [0.5, 0.6) is 0 Å². The Kier molecular flexibility index (Phi) is 5.49. The van der Waals surface area contributed by atoms with E-state index in [0.717, 1.165) is 6.42 Å². The van der Waals surface area contributed by atoms with Gasteiger partial charge in [-0.2, -0.15) is 0 Å². The molecule has 0 fully saturated rings. The molecule has 0 saturated heterocycles. The number of rotatable bonds is 5. The highest BCUT2D eigenvalue weighted by molar-refractivity contribution is 8.03. The Hall–Kier alpha value is -1.47. The van der Waals surface area contributed by atoms with Crippen molar-refractivity contribution < 1.29 is 0 Å². The minimum atomic E-state index is 0.447. The Labute approximate surface area is 126 Å². The van der Waals surface area contributed by atoms with E-state index in [9.17, 15) is 0 Å². The molecule has 0 saturated carbocycles. The number of benzene rings is 2. The molecule has 0 N–H and O–H groups in total. The topological polar surface area (TPSA) is 0 Å². The summed E-state index contributed by atoms with van der Waals surface area (Å²) < 4.78 is 0. The predicted molar refractivity (Wildman–Crippen MR) is 90.3 cm³/mol. The highest BCUT2D eigenvalue weighted by atomic mass is 32.2. The fourth-order valence-electron chi connectivity index (χ4n) is 2.16. The van der Waals surface area contributed by atoms with Crippen LogP contribution in [0.3, 0.4) is 0 Å². The van der Waals surface area contributed by atoms with E-state index in [4.69, 9.17) is 0 Å². The van der Waals surface area contributed by atoms with Gasteiger partial charge in [0.05, 0.1) is 0 Å².